The van der Waals surface area contributed by atoms with Gasteiger partial charge in [-0.2, -0.15) is 0 Å². The zero-order valence-electron chi connectivity index (χ0n) is 11.9. The third-order valence-corrected chi connectivity index (χ3v) is 5.63. The molecule has 1 aromatic rings. The van der Waals surface area contributed by atoms with Crippen molar-refractivity contribution in [2.45, 2.75) is 39.0 Å². The van der Waals surface area contributed by atoms with Gasteiger partial charge in [0, 0.05) is 12.2 Å². The van der Waals surface area contributed by atoms with E-state index < -0.39 is 10.0 Å². The van der Waals surface area contributed by atoms with E-state index in [2.05, 4.69) is 18.6 Å². The largest absolute Gasteiger partial charge is 0.398 e. The van der Waals surface area contributed by atoms with Crippen molar-refractivity contribution < 1.29 is 8.42 Å². The van der Waals surface area contributed by atoms with Crippen molar-refractivity contribution in [2.75, 3.05) is 12.3 Å². The van der Waals surface area contributed by atoms with Crippen molar-refractivity contribution in [3.8, 4) is 0 Å². The molecular formula is C14H22N2O2S. The number of aryl methyl sites for hydroxylation is 1. The summed E-state index contributed by atoms with van der Waals surface area (Å²) in [5.41, 5.74) is 8.45. The Morgan fingerprint density at radius 3 is 2.42 bits per heavy atom. The summed E-state index contributed by atoms with van der Waals surface area (Å²) in [7, 11) is -3.46. The summed E-state index contributed by atoms with van der Waals surface area (Å²) in [6.07, 6.45) is 1.07. The van der Waals surface area contributed by atoms with Gasteiger partial charge < -0.3 is 5.73 Å². The van der Waals surface area contributed by atoms with Gasteiger partial charge in [0.25, 0.3) is 0 Å². The lowest BCUT2D eigenvalue weighted by Gasteiger charge is -2.11. The monoisotopic (exact) mass is 282 g/mol. The van der Waals surface area contributed by atoms with E-state index in [1.165, 1.54) is 6.07 Å². The molecule has 1 aromatic carbocycles. The number of hydrogen-bond acceptors (Lipinski definition) is 3. The maximum absolute atomic E-state index is 12.2. The summed E-state index contributed by atoms with van der Waals surface area (Å²) in [5, 5.41) is 0. The van der Waals surface area contributed by atoms with Crippen LogP contribution in [0.15, 0.2) is 17.0 Å². The topological polar surface area (TPSA) is 72.2 Å². The van der Waals surface area contributed by atoms with Crippen LogP contribution in [0, 0.1) is 25.2 Å². The fourth-order valence-electron chi connectivity index (χ4n) is 2.23. The van der Waals surface area contributed by atoms with Crippen LogP contribution in [0.2, 0.25) is 0 Å². The molecule has 1 aliphatic carbocycles. The molecule has 0 bridgehead atoms. The first-order chi connectivity index (χ1) is 8.63. The van der Waals surface area contributed by atoms with Crippen molar-refractivity contribution in [3.05, 3.63) is 23.3 Å². The smallest absolute Gasteiger partial charge is 0.240 e. The lowest BCUT2D eigenvalue weighted by Crippen LogP contribution is -2.27. The number of nitrogens with one attached hydrogen (secondary N) is 1. The van der Waals surface area contributed by atoms with E-state index in [0.717, 1.165) is 17.5 Å². The molecular weight excluding hydrogens is 260 g/mol. The molecule has 0 amide bonds. The summed E-state index contributed by atoms with van der Waals surface area (Å²) in [6, 6.07) is 3.20. The van der Waals surface area contributed by atoms with Crippen molar-refractivity contribution in [1.82, 2.24) is 4.72 Å². The highest BCUT2D eigenvalue weighted by Gasteiger charge is 2.45. The van der Waals surface area contributed by atoms with Crippen LogP contribution in [0.5, 0.6) is 0 Å². The van der Waals surface area contributed by atoms with E-state index in [1.54, 1.807) is 6.07 Å². The van der Waals surface area contributed by atoms with Gasteiger partial charge in [-0.3, -0.25) is 0 Å². The van der Waals surface area contributed by atoms with E-state index in [-0.39, 0.29) is 10.3 Å². The average Bonchev–Trinajstić information content (AvgIpc) is 2.91. The maximum atomic E-state index is 12.2. The number of anilines is 1. The fourth-order valence-corrected chi connectivity index (χ4v) is 3.43. The molecule has 3 N–H and O–H groups in total. The van der Waals surface area contributed by atoms with E-state index in [4.69, 9.17) is 5.73 Å². The number of rotatable bonds is 4. The van der Waals surface area contributed by atoms with Gasteiger partial charge in [0.2, 0.25) is 10.0 Å². The first-order valence-corrected chi connectivity index (χ1v) is 7.98. The molecule has 1 atom stereocenters. The van der Waals surface area contributed by atoms with Gasteiger partial charge in [-0.15, -0.1) is 0 Å². The van der Waals surface area contributed by atoms with E-state index in [9.17, 15) is 8.42 Å². The third kappa shape index (κ3) is 2.92. The van der Waals surface area contributed by atoms with Crippen molar-refractivity contribution in [2.24, 2.45) is 11.3 Å². The second-order valence-corrected chi connectivity index (χ2v) is 7.96. The lowest BCUT2D eigenvalue weighted by atomic mass is 10.1. The van der Waals surface area contributed by atoms with E-state index >= 15 is 0 Å². The predicted molar refractivity (Wildman–Crippen MR) is 77.4 cm³/mol. The Kier molecular flexibility index (Phi) is 3.39. The van der Waals surface area contributed by atoms with Crippen molar-refractivity contribution in [1.29, 1.82) is 0 Å². The number of hydrogen-bond donors (Lipinski definition) is 2. The highest BCUT2D eigenvalue weighted by molar-refractivity contribution is 7.89. The van der Waals surface area contributed by atoms with Crippen LogP contribution in [0.3, 0.4) is 0 Å². The van der Waals surface area contributed by atoms with E-state index in [1.807, 2.05) is 13.8 Å². The molecule has 1 aliphatic rings. The van der Waals surface area contributed by atoms with Gasteiger partial charge in [0.05, 0.1) is 4.90 Å². The third-order valence-electron chi connectivity index (χ3n) is 4.23. The first kappa shape index (κ1) is 14.3. The molecule has 0 saturated heterocycles. The molecule has 4 nitrogen and oxygen atoms in total. The van der Waals surface area contributed by atoms with Crippen LogP contribution in [0.25, 0.3) is 0 Å². The van der Waals surface area contributed by atoms with Crippen LogP contribution < -0.4 is 10.5 Å². The standard InChI is InChI=1S/C14H22N2O2S/c1-9-5-12(6-13(15)10(9)2)19(17,18)16-8-11-7-14(11,3)4/h5-6,11,16H,7-8,15H2,1-4H3. The van der Waals surface area contributed by atoms with Gasteiger partial charge in [-0.05, 0) is 54.9 Å². The van der Waals surface area contributed by atoms with Gasteiger partial charge in [0.1, 0.15) is 0 Å². The molecule has 19 heavy (non-hydrogen) atoms. The molecule has 0 aromatic heterocycles. The van der Waals surface area contributed by atoms with Crippen LogP contribution in [-0.4, -0.2) is 15.0 Å². The summed E-state index contributed by atoms with van der Waals surface area (Å²) in [5.74, 6) is 0.436. The molecule has 0 radical (unpaired) electrons. The number of sulfonamides is 1. The van der Waals surface area contributed by atoms with Crippen LogP contribution in [-0.2, 0) is 10.0 Å². The Labute approximate surface area is 115 Å². The van der Waals surface area contributed by atoms with Crippen molar-refractivity contribution in [3.63, 3.8) is 0 Å². The molecule has 0 spiro atoms. The Hall–Kier alpha value is -1.07. The minimum Gasteiger partial charge on any atom is -0.398 e. The van der Waals surface area contributed by atoms with Crippen LogP contribution in [0.1, 0.15) is 31.4 Å². The Morgan fingerprint density at radius 2 is 1.95 bits per heavy atom. The first-order valence-electron chi connectivity index (χ1n) is 6.50. The number of benzene rings is 1. The van der Waals surface area contributed by atoms with Crippen LogP contribution in [0.4, 0.5) is 5.69 Å². The van der Waals surface area contributed by atoms with Crippen LogP contribution >= 0.6 is 0 Å². The molecule has 5 heteroatoms. The minimum absolute atomic E-state index is 0.256. The maximum Gasteiger partial charge on any atom is 0.240 e. The quantitative estimate of drug-likeness (QED) is 0.832. The van der Waals surface area contributed by atoms with Gasteiger partial charge >= 0.3 is 0 Å². The molecule has 1 fully saturated rings. The van der Waals surface area contributed by atoms with Gasteiger partial charge in [-0.1, -0.05) is 13.8 Å². The highest BCUT2D eigenvalue weighted by Crippen LogP contribution is 2.51. The molecule has 0 heterocycles. The molecule has 1 saturated carbocycles. The second-order valence-electron chi connectivity index (χ2n) is 6.20. The van der Waals surface area contributed by atoms with Gasteiger partial charge in [0.15, 0.2) is 0 Å². The number of nitrogens with two attached hydrogens (primary N) is 1. The molecule has 1 unspecified atom stereocenters. The fraction of sp³-hybridized carbons (Fsp3) is 0.571. The normalized spacial score (nSPS) is 21.4. The number of nitrogen functional groups attached to an aromatic ring is 1. The summed E-state index contributed by atoms with van der Waals surface area (Å²) in [6.45, 7) is 8.57. The second kappa shape index (κ2) is 4.49. The Bertz CT molecular complexity index is 583. The van der Waals surface area contributed by atoms with Gasteiger partial charge in [-0.25, -0.2) is 13.1 Å². The Morgan fingerprint density at radius 1 is 1.37 bits per heavy atom. The lowest BCUT2D eigenvalue weighted by molar-refractivity contribution is 0.537. The highest BCUT2D eigenvalue weighted by atomic mass is 32.2. The zero-order chi connectivity index (χ0) is 14.4. The zero-order valence-corrected chi connectivity index (χ0v) is 12.8. The average molecular weight is 282 g/mol. The molecule has 0 aliphatic heterocycles. The van der Waals surface area contributed by atoms with E-state index in [0.29, 0.717) is 18.2 Å². The van der Waals surface area contributed by atoms with Crippen molar-refractivity contribution >= 4 is 15.7 Å². The predicted octanol–water partition coefficient (Wildman–Crippen LogP) is 2.21. The summed E-state index contributed by atoms with van der Waals surface area (Å²) < 4.78 is 27.1. The minimum atomic E-state index is -3.46. The summed E-state index contributed by atoms with van der Waals surface area (Å²) >= 11 is 0. The SMILES string of the molecule is Cc1cc(S(=O)(=O)NCC2CC2(C)C)cc(N)c1C. The molecule has 106 valence electrons. The Balaban J connectivity index is 2.16. The molecule has 2 rings (SSSR count). The summed E-state index contributed by atoms with van der Waals surface area (Å²) in [4.78, 5) is 0.256.